The molecule has 0 N–H and O–H groups in total. The van der Waals surface area contributed by atoms with E-state index >= 15 is 0 Å². The molecule has 158 valence electrons. The van der Waals surface area contributed by atoms with Gasteiger partial charge in [0.15, 0.2) is 0 Å². The molecule has 2 aromatic rings. The largest absolute Gasteiger partial charge is 0.303 e. The van der Waals surface area contributed by atoms with Gasteiger partial charge in [-0.05, 0) is 73.5 Å². The van der Waals surface area contributed by atoms with Crippen molar-refractivity contribution in [2.24, 2.45) is 11.8 Å². The molecule has 3 aliphatic rings. The Balaban J connectivity index is 1.26. The molecule has 2 aliphatic heterocycles. The summed E-state index contributed by atoms with van der Waals surface area (Å²) in [6.07, 6.45) is 7.09. The Morgan fingerprint density at radius 1 is 0.900 bits per heavy atom. The van der Waals surface area contributed by atoms with Gasteiger partial charge in [0.1, 0.15) is 0 Å². The van der Waals surface area contributed by atoms with E-state index < -0.39 is 10.0 Å². The quantitative estimate of drug-likeness (QED) is 0.705. The number of hydrogen-bond donors (Lipinski definition) is 0. The van der Waals surface area contributed by atoms with Crippen molar-refractivity contribution < 1.29 is 8.42 Å². The molecule has 0 radical (unpaired) electrons. The molecule has 1 aliphatic carbocycles. The lowest BCUT2D eigenvalue weighted by atomic mass is 9.90. The first-order chi connectivity index (χ1) is 14.6. The second-order valence-electron chi connectivity index (χ2n) is 8.89. The maximum Gasteiger partial charge on any atom is 0.243 e. The van der Waals surface area contributed by atoms with Crippen LogP contribution in [0.5, 0.6) is 0 Å². The van der Waals surface area contributed by atoms with Crippen LogP contribution >= 0.6 is 0 Å². The smallest absolute Gasteiger partial charge is 0.243 e. The number of nitrogens with zero attached hydrogens (tertiary/aromatic N) is 2. The molecule has 5 heteroatoms. The van der Waals surface area contributed by atoms with Crippen molar-refractivity contribution in [1.82, 2.24) is 9.21 Å². The topological polar surface area (TPSA) is 40.6 Å². The van der Waals surface area contributed by atoms with Gasteiger partial charge in [-0.1, -0.05) is 48.5 Å². The van der Waals surface area contributed by atoms with Crippen molar-refractivity contribution in [2.75, 3.05) is 32.7 Å². The fraction of sp³-hybridized carbons (Fsp3) is 0.440. The van der Waals surface area contributed by atoms with Crippen molar-refractivity contribution >= 4 is 15.6 Å². The highest BCUT2D eigenvalue weighted by Crippen LogP contribution is 2.44. The maximum absolute atomic E-state index is 13.0. The Kier molecular flexibility index (Phi) is 5.52. The lowest BCUT2D eigenvalue weighted by Crippen LogP contribution is -2.29. The van der Waals surface area contributed by atoms with Gasteiger partial charge >= 0.3 is 0 Å². The first kappa shape index (κ1) is 20.0. The third-order valence-electron chi connectivity index (χ3n) is 7.03. The molecule has 2 atom stereocenters. The molecule has 2 fully saturated rings. The van der Waals surface area contributed by atoms with Crippen molar-refractivity contribution in [3.05, 3.63) is 71.8 Å². The second-order valence-corrected chi connectivity index (χ2v) is 10.8. The Bertz CT molecular complexity index is 1010. The molecule has 2 heterocycles. The average Bonchev–Trinajstić information content (AvgIpc) is 3.51. The lowest BCUT2D eigenvalue weighted by molar-refractivity contribution is 0.343. The molecule has 0 bridgehead atoms. The molecule has 0 saturated carbocycles. The molecule has 0 spiro atoms. The van der Waals surface area contributed by atoms with E-state index in [1.807, 2.05) is 6.07 Å². The van der Waals surface area contributed by atoms with Crippen LogP contribution in [0.25, 0.3) is 5.57 Å². The zero-order valence-electron chi connectivity index (χ0n) is 17.4. The van der Waals surface area contributed by atoms with E-state index in [1.165, 1.54) is 42.6 Å². The molecule has 30 heavy (non-hydrogen) atoms. The fourth-order valence-electron chi connectivity index (χ4n) is 5.28. The maximum atomic E-state index is 13.0. The van der Waals surface area contributed by atoms with E-state index in [-0.39, 0.29) is 0 Å². The van der Waals surface area contributed by atoms with Crippen LogP contribution in [0.4, 0.5) is 0 Å². The highest BCUT2D eigenvalue weighted by Gasteiger charge is 2.43. The SMILES string of the molecule is O=S(=O)(c1ccccc1)N1C[C@H]2CC=C(c3ccc(CCN4CCCC4)cc3)[C@H]2C1. The fourth-order valence-corrected chi connectivity index (χ4v) is 6.82. The van der Waals surface area contributed by atoms with Gasteiger partial charge in [-0.2, -0.15) is 4.31 Å². The molecule has 0 unspecified atom stereocenters. The molecule has 4 nitrogen and oxygen atoms in total. The predicted octanol–water partition coefficient (Wildman–Crippen LogP) is 4.05. The van der Waals surface area contributed by atoms with Gasteiger partial charge in [-0.3, -0.25) is 0 Å². The summed E-state index contributed by atoms with van der Waals surface area (Å²) in [6.45, 7) is 4.85. The second kappa shape index (κ2) is 8.29. The van der Waals surface area contributed by atoms with Gasteiger partial charge in [0.2, 0.25) is 10.0 Å². The number of fused-ring (bicyclic) bond motifs is 1. The van der Waals surface area contributed by atoms with Crippen LogP contribution in [0.1, 0.15) is 30.4 Å². The van der Waals surface area contributed by atoms with Crippen LogP contribution in [0.2, 0.25) is 0 Å². The number of benzene rings is 2. The van der Waals surface area contributed by atoms with Gasteiger partial charge in [0.05, 0.1) is 4.90 Å². The number of hydrogen-bond acceptors (Lipinski definition) is 3. The third kappa shape index (κ3) is 3.86. The van der Waals surface area contributed by atoms with Gasteiger partial charge < -0.3 is 4.90 Å². The summed E-state index contributed by atoms with van der Waals surface area (Å²) in [7, 11) is -3.41. The first-order valence-corrected chi connectivity index (χ1v) is 12.6. The Labute approximate surface area is 180 Å². The van der Waals surface area contributed by atoms with E-state index in [0.717, 1.165) is 19.4 Å². The summed E-state index contributed by atoms with van der Waals surface area (Å²) in [5, 5.41) is 0. The van der Waals surface area contributed by atoms with Crippen LogP contribution in [0, 0.1) is 11.8 Å². The Hall–Kier alpha value is -1.95. The van der Waals surface area contributed by atoms with Crippen LogP contribution in [0.3, 0.4) is 0 Å². The molecule has 2 aromatic carbocycles. The van der Waals surface area contributed by atoms with E-state index in [4.69, 9.17) is 0 Å². The number of rotatable bonds is 6. The van der Waals surface area contributed by atoms with Crippen molar-refractivity contribution in [3.8, 4) is 0 Å². The standard InChI is InChI=1S/C25H30N2O2S/c28-30(29,23-6-2-1-3-7-23)27-18-22-12-13-24(25(22)19-27)21-10-8-20(9-11-21)14-17-26-15-4-5-16-26/h1-3,6-11,13,22,25H,4-5,12,14-19H2/t22-,25+/m1/s1. The van der Waals surface area contributed by atoms with Gasteiger partial charge in [-0.25, -0.2) is 8.42 Å². The van der Waals surface area contributed by atoms with Crippen molar-refractivity contribution in [2.45, 2.75) is 30.6 Å². The minimum atomic E-state index is -3.41. The van der Waals surface area contributed by atoms with Gasteiger partial charge in [-0.15, -0.1) is 0 Å². The summed E-state index contributed by atoms with van der Waals surface area (Å²) >= 11 is 0. The predicted molar refractivity (Wildman–Crippen MR) is 121 cm³/mol. The number of allylic oxidation sites excluding steroid dienone is 1. The number of sulfonamides is 1. The van der Waals surface area contributed by atoms with Gasteiger partial charge in [0, 0.05) is 25.6 Å². The first-order valence-electron chi connectivity index (χ1n) is 11.2. The normalized spacial score (nSPS) is 24.9. The summed E-state index contributed by atoms with van der Waals surface area (Å²) in [5.41, 5.74) is 3.98. The van der Waals surface area contributed by atoms with Crippen LogP contribution in [-0.2, 0) is 16.4 Å². The summed E-state index contributed by atoms with van der Waals surface area (Å²) < 4.78 is 27.8. The monoisotopic (exact) mass is 422 g/mol. The highest BCUT2D eigenvalue weighted by molar-refractivity contribution is 7.89. The third-order valence-corrected chi connectivity index (χ3v) is 8.88. The van der Waals surface area contributed by atoms with E-state index in [0.29, 0.717) is 29.8 Å². The summed E-state index contributed by atoms with van der Waals surface area (Å²) in [6, 6.07) is 17.8. The molecule has 0 aromatic heterocycles. The lowest BCUT2D eigenvalue weighted by Gasteiger charge is -2.18. The average molecular weight is 423 g/mol. The van der Waals surface area contributed by atoms with Crippen LogP contribution in [0.15, 0.2) is 65.6 Å². The summed E-state index contributed by atoms with van der Waals surface area (Å²) in [5.74, 6) is 0.701. The molecule has 2 saturated heterocycles. The van der Waals surface area contributed by atoms with Gasteiger partial charge in [0.25, 0.3) is 0 Å². The summed E-state index contributed by atoms with van der Waals surface area (Å²) in [4.78, 5) is 2.95. The molecule has 5 rings (SSSR count). The van der Waals surface area contributed by atoms with Crippen LogP contribution in [-0.4, -0.2) is 50.3 Å². The van der Waals surface area contributed by atoms with E-state index in [9.17, 15) is 8.42 Å². The van der Waals surface area contributed by atoms with Crippen LogP contribution < -0.4 is 0 Å². The zero-order chi connectivity index (χ0) is 20.6. The molecular formula is C25H30N2O2S. The Morgan fingerprint density at radius 2 is 1.63 bits per heavy atom. The van der Waals surface area contributed by atoms with E-state index in [1.54, 1.807) is 28.6 Å². The van der Waals surface area contributed by atoms with Crippen molar-refractivity contribution in [1.29, 1.82) is 0 Å². The molecule has 0 amide bonds. The van der Waals surface area contributed by atoms with E-state index in [2.05, 4.69) is 35.2 Å². The number of likely N-dealkylation sites (tertiary alicyclic amines) is 1. The zero-order valence-corrected chi connectivity index (χ0v) is 18.2. The minimum absolute atomic E-state index is 0.305. The highest BCUT2D eigenvalue weighted by atomic mass is 32.2. The van der Waals surface area contributed by atoms with Crippen molar-refractivity contribution in [3.63, 3.8) is 0 Å². The minimum Gasteiger partial charge on any atom is -0.303 e. The Morgan fingerprint density at radius 3 is 2.37 bits per heavy atom. The molecular weight excluding hydrogens is 392 g/mol.